The largest absolute Gasteiger partial charge is 0.463 e. The van der Waals surface area contributed by atoms with E-state index in [9.17, 15) is 4.79 Å². The maximum Gasteiger partial charge on any atom is 0.356 e. The first-order valence-electron chi connectivity index (χ1n) is 4.66. The van der Waals surface area contributed by atoms with E-state index in [-0.39, 0.29) is 0 Å². The molecule has 0 radical (unpaired) electrons. The minimum Gasteiger partial charge on any atom is -0.463 e. The number of thiazole rings is 1. The van der Waals surface area contributed by atoms with Gasteiger partial charge in [0.15, 0.2) is 3.95 Å². The molecule has 0 unspecified atom stereocenters. The summed E-state index contributed by atoms with van der Waals surface area (Å²) in [5, 5.41) is 0. The fourth-order valence-electron chi connectivity index (χ4n) is 1.26. The molecular formula is C10H9NO3S2. The number of hydrogen-bond donors (Lipinski definition) is 1. The lowest BCUT2D eigenvalue weighted by Gasteiger charge is -2.00. The molecule has 0 aliphatic rings. The predicted octanol–water partition coefficient (Wildman–Crippen LogP) is 3.24. The zero-order chi connectivity index (χ0) is 11.5. The van der Waals surface area contributed by atoms with E-state index in [4.69, 9.17) is 21.4 Å². The van der Waals surface area contributed by atoms with Crippen molar-refractivity contribution in [3.05, 3.63) is 28.0 Å². The number of carbonyl (C=O) groups is 1. The first kappa shape index (κ1) is 11.1. The number of ether oxygens (including phenoxy) is 1. The Kier molecular flexibility index (Phi) is 3.21. The summed E-state index contributed by atoms with van der Waals surface area (Å²) < 4.78 is 10.7. The Balaban J connectivity index is 2.46. The third-order valence-electron chi connectivity index (χ3n) is 1.87. The van der Waals surface area contributed by atoms with E-state index in [1.807, 2.05) is 0 Å². The van der Waals surface area contributed by atoms with Crippen LogP contribution in [0.15, 0.2) is 22.8 Å². The van der Waals surface area contributed by atoms with Crippen molar-refractivity contribution in [2.24, 2.45) is 0 Å². The molecule has 0 fully saturated rings. The molecule has 0 saturated carbocycles. The third kappa shape index (κ3) is 2.07. The minimum atomic E-state index is -0.416. The number of H-pyrrole nitrogens is 1. The number of nitrogens with one attached hydrogen (secondary N) is 1. The van der Waals surface area contributed by atoms with Gasteiger partial charge in [-0.3, -0.25) is 0 Å². The van der Waals surface area contributed by atoms with Crippen LogP contribution in [0.4, 0.5) is 0 Å². The van der Waals surface area contributed by atoms with Gasteiger partial charge in [-0.25, -0.2) is 4.79 Å². The molecule has 84 valence electrons. The molecule has 0 aromatic carbocycles. The van der Waals surface area contributed by atoms with Crippen LogP contribution in [0.2, 0.25) is 0 Å². The average Bonchev–Trinajstić information content (AvgIpc) is 2.85. The van der Waals surface area contributed by atoms with E-state index in [0.29, 0.717) is 26.9 Å². The van der Waals surface area contributed by atoms with Gasteiger partial charge in [-0.15, -0.1) is 11.3 Å². The van der Waals surface area contributed by atoms with Crippen LogP contribution in [0.25, 0.3) is 10.6 Å². The third-order valence-corrected chi connectivity index (χ3v) is 3.12. The molecule has 2 rings (SSSR count). The van der Waals surface area contributed by atoms with Crippen molar-refractivity contribution in [3.63, 3.8) is 0 Å². The van der Waals surface area contributed by atoms with E-state index >= 15 is 0 Å². The van der Waals surface area contributed by atoms with E-state index < -0.39 is 5.97 Å². The van der Waals surface area contributed by atoms with Gasteiger partial charge in [0.2, 0.25) is 0 Å². The molecule has 0 atom stereocenters. The summed E-state index contributed by atoms with van der Waals surface area (Å²) in [7, 11) is 0. The Morgan fingerprint density at radius 3 is 3.12 bits per heavy atom. The zero-order valence-electron chi connectivity index (χ0n) is 8.48. The van der Waals surface area contributed by atoms with Gasteiger partial charge in [-0.2, -0.15) is 0 Å². The first-order chi connectivity index (χ1) is 7.72. The summed E-state index contributed by atoms with van der Waals surface area (Å²) in [6.07, 6.45) is 1.55. The fourth-order valence-corrected chi connectivity index (χ4v) is 2.40. The van der Waals surface area contributed by atoms with Gasteiger partial charge in [-0.1, -0.05) is 0 Å². The topological polar surface area (TPSA) is 55.2 Å². The van der Waals surface area contributed by atoms with Crippen molar-refractivity contribution in [2.75, 3.05) is 6.61 Å². The smallest absolute Gasteiger partial charge is 0.356 e. The highest BCUT2D eigenvalue weighted by Crippen LogP contribution is 2.29. The molecular weight excluding hydrogens is 246 g/mol. The number of aromatic nitrogens is 1. The monoisotopic (exact) mass is 255 g/mol. The lowest BCUT2D eigenvalue weighted by atomic mass is 10.3. The van der Waals surface area contributed by atoms with E-state index in [1.165, 1.54) is 11.3 Å². The van der Waals surface area contributed by atoms with Crippen molar-refractivity contribution in [1.29, 1.82) is 0 Å². The first-order valence-corrected chi connectivity index (χ1v) is 5.89. The Morgan fingerprint density at radius 1 is 1.69 bits per heavy atom. The van der Waals surface area contributed by atoms with Gasteiger partial charge in [0.1, 0.15) is 16.3 Å². The standard InChI is InChI=1S/C10H9NO3S2/c1-2-13-9(12)7-8(16-10(15)11-7)6-4-3-5-14-6/h3-5H,2H2,1H3,(H,11,15). The quantitative estimate of drug-likeness (QED) is 0.675. The minimum absolute atomic E-state index is 0.326. The van der Waals surface area contributed by atoms with Crippen LogP contribution in [0.3, 0.4) is 0 Å². The van der Waals surface area contributed by atoms with Crippen LogP contribution < -0.4 is 0 Å². The van der Waals surface area contributed by atoms with Gasteiger partial charge >= 0.3 is 5.97 Å². The van der Waals surface area contributed by atoms with Crippen LogP contribution in [0.1, 0.15) is 17.4 Å². The number of hydrogen-bond acceptors (Lipinski definition) is 5. The number of furan rings is 1. The van der Waals surface area contributed by atoms with E-state index in [1.54, 1.807) is 25.3 Å². The lowest BCUT2D eigenvalue weighted by Crippen LogP contribution is -2.06. The second-order valence-corrected chi connectivity index (χ2v) is 4.60. The molecule has 0 aliphatic heterocycles. The number of aromatic amines is 1. The molecule has 1 N–H and O–H groups in total. The molecule has 2 heterocycles. The van der Waals surface area contributed by atoms with Gasteiger partial charge in [0.25, 0.3) is 0 Å². The molecule has 0 bridgehead atoms. The van der Waals surface area contributed by atoms with Gasteiger partial charge in [-0.05, 0) is 31.3 Å². The van der Waals surface area contributed by atoms with Gasteiger partial charge in [0.05, 0.1) is 12.9 Å². The second kappa shape index (κ2) is 4.63. The normalized spacial score (nSPS) is 10.3. The zero-order valence-corrected chi connectivity index (χ0v) is 10.1. The van der Waals surface area contributed by atoms with Crippen LogP contribution >= 0.6 is 23.6 Å². The molecule has 0 saturated heterocycles. The predicted molar refractivity (Wildman–Crippen MR) is 63.2 cm³/mol. The Hall–Kier alpha value is -1.40. The summed E-state index contributed by atoms with van der Waals surface area (Å²) in [4.78, 5) is 15.1. The molecule has 16 heavy (non-hydrogen) atoms. The van der Waals surface area contributed by atoms with Gasteiger partial charge < -0.3 is 14.1 Å². The van der Waals surface area contributed by atoms with Crippen LogP contribution in [-0.4, -0.2) is 17.6 Å². The molecule has 2 aromatic heterocycles. The summed E-state index contributed by atoms with van der Waals surface area (Å²) in [5.41, 5.74) is 0.354. The molecule has 0 spiro atoms. The van der Waals surface area contributed by atoms with Crippen molar-refractivity contribution in [1.82, 2.24) is 4.98 Å². The number of carbonyl (C=O) groups excluding carboxylic acids is 1. The summed E-state index contributed by atoms with van der Waals surface area (Å²) in [5.74, 6) is 0.196. The van der Waals surface area contributed by atoms with Gasteiger partial charge in [0, 0.05) is 0 Å². The molecule has 0 amide bonds. The maximum absolute atomic E-state index is 11.6. The molecule has 2 aromatic rings. The van der Waals surface area contributed by atoms with Crippen LogP contribution in [0, 0.1) is 3.95 Å². The Bertz CT molecular complexity index is 539. The van der Waals surface area contributed by atoms with Crippen molar-refractivity contribution >= 4 is 29.5 Å². The van der Waals surface area contributed by atoms with E-state index in [2.05, 4.69) is 4.98 Å². The highest BCUT2D eigenvalue weighted by atomic mass is 32.1. The average molecular weight is 255 g/mol. The summed E-state index contributed by atoms with van der Waals surface area (Å²) >= 11 is 6.30. The Morgan fingerprint density at radius 2 is 2.50 bits per heavy atom. The highest BCUT2D eigenvalue weighted by molar-refractivity contribution is 7.73. The SMILES string of the molecule is CCOC(=O)c1[nH]c(=S)sc1-c1ccco1. The Labute approximate surface area is 101 Å². The number of rotatable bonds is 3. The van der Waals surface area contributed by atoms with E-state index in [0.717, 1.165) is 0 Å². The second-order valence-electron chi connectivity index (χ2n) is 2.92. The van der Waals surface area contributed by atoms with Crippen molar-refractivity contribution < 1.29 is 13.9 Å². The van der Waals surface area contributed by atoms with Crippen LogP contribution in [-0.2, 0) is 4.74 Å². The van der Waals surface area contributed by atoms with Crippen molar-refractivity contribution in [2.45, 2.75) is 6.92 Å². The maximum atomic E-state index is 11.6. The molecule has 0 aliphatic carbocycles. The number of esters is 1. The van der Waals surface area contributed by atoms with Crippen molar-refractivity contribution in [3.8, 4) is 10.6 Å². The molecule has 4 nitrogen and oxygen atoms in total. The molecule has 6 heteroatoms. The highest BCUT2D eigenvalue weighted by Gasteiger charge is 2.18. The summed E-state index contributed by atoms with van der Waals surface area (Å²) in [6.45, 7) is 2.08. The summed E-state index contributed by atoms with van der Waals surface area (Å²) in [6, 6.07) is 3.53. The van der Waals surface area contributed by atoms with Crippen LogP contribution in [0.5, 0.6) is 0 Å². The lowest BCUT2D eigenvalue weighted by molar-refractivity contribution is 0.0521. The fraction of sp³-hybridized carbons (Fsp3) is 0.200.